The number of carbonyl (C=O) groups excluding carboxylic acids is 1. The first-order chi connectivity index (χ1) is 9.78. The van der Waals surface area contributed by atoms with Crippen molar-refractivity contribution in [3.8, 4) is 0 Å². The Kier molecular flexibility index (Phi) is 5.97. The monoisotopic (exact) mass is 309 g/mol. The van der Waals surface area contributed by atoms with Crippen LogP contribution in [0.1, 0.15) is 31.4 Å². The fraction of sp³-hybridized carbons (Fsp3) is 0.375. The van der Waals surface area contributed by atoms with E-state index in [2.05, 4.69) is 5.32 Å². The van der Waals surface area contributed by atoms with Crippen LogP contribution in [0.4, 0.5) is 0 Å². The molecule has 1 aromatic rings. The summed E-state index contributed by atoms with van der Waals surface area (Å²) in [5, 5.41) is 12.4. The van der Waals surface area contributed by atoms with E-state index in [9.17, 15) is 9.59 Å². The molecule has 1 rings (SSSR count). The summed E-state index contributed by atoms with van der Waals surface area (Å²) in [7, 11) is 0. The van der Waals surface area contributed by atoms with Crippen molar-refractivity contribution in [3.05, 3.63) is 40.4 Å². The number of hydrogen-bond donors (Lipinski definition) is 2. The molecule has 1 amide bonds. The molecule has 1 atom stereocenters. The van der Waals surface area contributed by atoms with Crippen LogP contribution in [-0.2, 0) is 9.59 Å². The van der Waals surface area contributed by atoms with Crippen LogP contribution < -0.4 is 5.32 Å². The first-order valence-corrected chi connectivity index (χ1v) is 7.12. The fourth-order valence-electron chi connectivity index (χ4n) is 1.58. The van der Waals surface area contributed by atoms with Crippen molar-refractivity contribution in [2.75, 3.05) is 6.54 Å². The van der Waals surface area contributed by atoms with Crippen molar-refractivity contribution >= 4 is 29.6 Å². The van der Waals surface area contributed by atoms with E-state index in [0.29, 0.717) is 11.4 Å². The van der Waals surface area contributed by atoms with Crippen LogP contribution in [0.5, 0.6) is 0 Å². The summed E-state index contributed by atoms with van der Waals surface area (Å²) < 4.78 is 0. The van der Waals surface area contributed by atoms with Crippen LogP contribution in [0.25, 0.3) is 6.08 Å². The topological polar surface area (TPSA) is 66.4 Å². The molecule has 114 valence electrons. The van der Waals surface area contributed by atoms with Crippen molar-refractivity contribution in [1.82, 2.24) is 5.32 Å². The third-order valence-corrected chi connectivity index (χ3v) is 3.98. The highest BCUT2D eigenvalue weighted by Crippen LogP contribution is 2.20. The summed E-state index contributed by atoms with van der Waals surface area (Å²) in [6.07, 6.45) is 3.46. The molecule has 0 radical (unpaired) electrons. The minimum absolute atomic E-state index is 0.0939. The highest BCUT2D eigenvalue weighted by atomic mass is 35.5. The van der Waals surface area contributed by atoms with Crippen LogP contribution in [0, 0.1) is 12.3 Å². The van der Waals surface area contributed by atoms with Crippen LogP contribution in [0.15, 0.2) is 24.3 Å². The SMILES string of the molecule is CCC(C)(CNC(=O)/C=C/c1ccc(C)c(Cl)c1)C(=O)O. The Labute approximate surface area is 129 Å². The van der Waals surface area contributed by atoms with Gasteiger partial charge in [0.05, 0.1) is 5.41 Å². The maximum absolute atomic E-state index is 11.7. The molecule has 0 saturated heterocycles. The highest BCUT2D eigenvalue weighted by molar-refractivity contribution is 6.31. The number of rotatable bonds is 6. The summed E-state index contributed by atoms with van der Waals surface area (Å²) in [6.45, 7) is 5.39. The van der Waals surface area contributed by atoms with Gasteiger partial charge in [-0.15, -0.1) is 0 Å². The maximum atomic E-state index is 11.7. The van der Waals surface area contributed by atoms with Gasteiger partial charge in [-0.25, -0.2) is 0 Å². The zero-order valence-corrected chi connectivity index (χ0v) is 13.2. The van der Waals surface area contributed by atoms with Crippen molar-refractivity contribution in [2.24, 2.45) is 5.41 Å². The van der Waals surface area contributed by atoms with E-state index in [-0.39, 0.29) is 12.5 Å². The van der Waals surface area contributed by atoms with Gasteiger partial charge in [-0.05, 0) is 43.5 Å². The molecule has 1 unspecified atom stereocenters. The van der Waals surface area contributed by atoms with Gasteiger partial charge in [0, 0.05) is 17.6 Å². The number of amides is 1. The average molecular weight is 310 g/mol. The number of benzene rings is 1. The molecule has 0 aliphatic rings. The Balaban J connectivity index is 2.63. The van der Waals surface area contributed by atoms with E-state index in [1.54, 1.807) is 26.0 Å². The number of carbonyl (C=O) groups is 2. The standard InChI is InChI=1S/C16H20ClNO3/c1-4-16(3,15(20)21)10-18-14(19)8-7-12-6-5-11(2)13(17)9-12/h5-9H,4,10H2,1-3H3,(H,18,19)(H,20,21)/b8-7+. The Morgan fingerprint density at radius 3 is 2.62 bits per heavy atom. The molecule has 5 heteroatoms. The molecule has 0 fully saturated rings. The Hall–Kier alpha value is -1.81. The van der Waals surface area contributed by atoms with Gasteiger partial charge in [0.2, 0.25) is 5.91 Å². The first kappa shape index (κ1) is 17.2. The molecule has 4 nitrogen and oxygen atoms in total. The lowest BCUT2D eigenvalue weighted by Crippen LogP contribution is -2.40. The van der Waals surface area contributed by atoms with E-state index < -0.39 is 11.4 Å². The first-order valence-electron chi connectivity index (χ1n) is 6.74. The zero-order valence-electron chi connectivity index (χ0n) is 12.4. The molecular weight excluding hydrogens is 290 g/mol. The van der Waals surface area contributed by atoms with E-state index in [1.165, 1.54) is 6.08 Å². The van der Waals surface area contributed by atoms with Crippen LogP contribution in [0.3, 0.4) is 0 Å². The van der Waals surface area contributed by atoms with Gasteiger partial charge in [0.15, 0.2) is 0 Å². The highest BCUT2D eigenvalue weighted by Gasteiger charge is 2.31. The van der Waals surface area contributed by atoms with E-state index in [4.69, 9.17) is 16.7 Å². The predicted molar refractivity (Wildman–Crippen MR) is 84.3 cm³/mol. The number of carboxylic acid groups (broad SMARTS) is 1. The normalized spacial score (nSPS) is 13.9. The Bertz CT molecular complexity index is 569. The van der Waals surface area contributed by atoms with Crippen LogP contribution >= 0.6 is 11.6 Å². The minimum Gasteiger partial charge on any atom is -0.481 e. The zero-order chi connectivity index (χ0) is 16.0. The molecule has 0 aromatic heterocycles. The van der Waals surface area contributed by atoms with Gasteiger partial charge in [0.1, 0.15) is 0 Å². The minimum atomic E-state index is -0.948. The summed E-state index contributed by atoms with van der Waals surface area (Å²) in [6, 6.07) is 5.50. The third-order valence-electron chi connectivity index (χ3n) is 3.57. The molecule has 0 saturated carbocycles. The van der Waals surface area contributed by atoms with Gasteiger partial charge in [0.25, 0.3) is 0 Å². The van der Waals surface area contributed by atoms with Crippen molar-refractivity contribution in [2.45, 2.75) is 27.2 Å². The van der Waals surface area contributed by atoms with Crippen LogP contribution in [-0.4, -0.2) is 23.5 Å². The Morgan fingerprint density at radius 2 is 2.10 bits per heavy atom. The van der Waals surface area contributed by atoms with Crippen molar-refractivity contribution in [1.29, 1.82) is 0 Å². The number of aryl methyl sites for hydroxylation is 1. The van der Waals surface area contributed by atoms with Gasteiger partial charge in [-0.2, -0.15) is 0 Å². The second kappa shape index (κ2) is 7.27. The van der Waals surface area contributed by atoms with E-state index in [1.807, 2.05) is 19.1 Å². The number of hydrogen-bond acceptors (Lipinski definition) is 2. The number of aliphatic carboxylic acids is 1. The Morgan fingerprint density at radius 1 is 1.43 bits per heavy atom. The number of carboxylic acids is 1. The smallest absolute Gasteiger partial charge is 0.311 e. The quantitative estimate of drug-likeness (QED) is 0.792. The molecule has 0 heterocycles. The summed E-state index contributed by atoms with van der Waals surface area (Å²) in [5.41, 5.74) is 0.840. The second-order valence-corrected chi connectivity index (χ2v) is 5.69. The molecule has 0 spiro atoms. The number of nitrogens with one attached hydrogen (secondary N) is 1. The predicted octanol–water partition coefficient (Wildman–Crippen LogP) is 3.28. The summed E-state index contributed by atoms with van der Waals surface area (Å²) >= 11 is 6.00. The molecule has 2 N–H and O–H groups in total. The average Bonchev–Trinajstić information content (AvgIpc) is 2.45. The lowest BCUT2D eigenvalue weighted by atomic mass is 9.88. The summed E-state index contributed by atoms with van der Waals surface area (Å²) in [5.74, 6) is -1.24. The van der Waals surface area contributed by atoms with Crippen molar-refractivity contribution in [3.63, 3.8) is 0 Å². The van der Waals surface area contributed by atoms with Gasteiger partial charge in [-0.1, -0.05) is 30.7 Å². The molecular formula is C16H20ClNO3. The van der Waals surface area contributed by atoms with E-state index in [0.717, 1.165) is 11.1 Å². The van der Waals surface area contributed by atoms with Crippen molar-refractivity contribution < 1.29 is 14.7 Å². The number of halogens is 1. The van der Waals surface area contributed by atoms with Gasteiger partial charge >= 0.3 is 5.97 Å². The molecule has 21 heavy (non-hydrogen) atoms. The van der Waals surface area contributed by atoms with Crippen LogP contribution in [0.2, 0.25) is 5.02 Å². The van der Waals surface area contributed by atoms with E-state index >= 15 is 0 Å². The largest absolute Gasteiger partial charge is 0.481 e. The summed E-state index contributed by atoms with van der Waals surface area (Å²) in [4.78, 5) is 22.9. The van der Waals surface area contributed by atoms with Gasteiger partial charge < -0.3 is 10.4 Å². The lowest BCUT2D eigenvalue weighted by molar-refractivity contribution is -0.148. The molecule has 0 bridgehead atoms. The molecule has 0 aliphatic heterocycles. The molecule has 1 aromatic carbocycles. The second-order valence-electron chi connectivity index (χ2n) is 5.28. The lowest BCUT2D eigenvalue weighted by Gasteiger charge is -2.22. The van der Waals surface area contributed by atoms with Gasteiger partial charge in [-0.3, -0.25) is 9.59 Å². The molecule has 0 aliphatic carbocycles. The fourth-order valence-corrected chi connectivity index (χ4v) is 1.77. The third kappa shape index (κ3) is 4.90. The maximum Gasteiger partial charge on any atom is 0.311 e.